The van der Waals surface area contributed by atoms with Gasteiger partial charge in [0.25, 0.3) is 0 Å². The molecule has 0 amide bonds. The maximum atomic E-state index is 6.40. The van der Waals surface area contributed by atoms with Crippen molar-refractivity contribution in [2.45, 2.75) is 31.2 Å². The topological polar surface area (TPSA) is 63.9 Å². The summed E-state index contributed by atoms with van der Waals surface area (Å²) in [5.41, 5.74) is 8.25. The van der Waals surface area contributed by atoms with E-state index in [2.05, 4.69) is 9.97 Å². The molecule has 1 heterocycles. The lowest BCUT2D eigenvalue weighted by molar-refractivity contribution is 0.415. The molecule has 0 atom stereocenters. The number of hydrogen-bond donors (Lipinski definition) is 2. The summed E-state index contributed by atoms with van der Waals surface area (Å²) in [4.78, 5) is 7.85. The lowest BCUT2D eigenvalue weighted by Crippen LogP contribution is -2.34. The molecule has 1 aliphatic carbocycles. The van der Waals surface area contributed by atoms with Gasteiger partial charge >= 0.3 is 0 Å². The smallest absolute Gasteiger partial charge is 0.126 e. The minimum atomic E-state index is -0.259. The molecule has 0 aliphatic heterocycles. The molecule has 4 nitrogen and oxygen atoms in total. The Labute approximate surface area is 113 Å². The van der Waals surface area contributed by atoms with Crippen molar-refractivity contribution in [3.63, 3.8) is 0 Å². The predicted molar refractivity (Wildman–Crippen MR) is 74.9 cm³/mol. The second-order valence-electron chi connectivity index (χ2n) is 5.24. The van der Waals surface area contributed by atoms with Crippen LogP contribution in [0, 0.1) is 0 Å². The Hall–Kier alpha value is -1.81. The van der Waals surface area contributed by atoms with Crippen molar-refractivity contribution >= 4 is 0 Å². The summed E-state index contributed by atoms with van der Waals surface area (Å²) in [7, 11) is 1.67. The van der Waals surface area contributed by atoms with Crippen molar-refractivity contribution < 1.29 is 4.74 Å². The molecule has 1 fully saturated rings. The van der Waals surface area contributed by atoms with Gasteiger partial charge in [0.05, 0.1) is 24.5 Å². The van der Waals surface area contributed by atoms with Crippen LogP contribution in [0.5, 0.6) is 5.75 Å². The van der Waals surface area contributed by atoms with Gasteiger partial charge < -0.3 is 15.5 Å². The number of benzene rings is 1. The van der Waals surface area contributed by atoms with Crippen molar-refractivity contribution in [3.8, 4) is 17.0 Å². The number of rotatable bonds is 3. The van der Waals surface area contributed by atoms with Crippen LogP contribution < -0.4 is 10.5 Å². The van der Waals surface area contributed by atoms with Crippen molar-refractivity contribution in [1.82, 2.24) is 9.97 Å². The van der Waals surface area contributed by atoms with Gasteiger partial charge in [-0.2, -0.15) is 0 Å². The van der Waals surface area contributed by atoms with E-state index in [0.29, 0.717) is 0 Å². The number of nitrogens with two attached hydrogens (primary N) is 1. The minimum Gasteiger partial charge on any atom is -0.497 e. The van der Waals surface area contributed by atoms with Gasteiger partial charge in [0.2, 0.25) is 0 Å². The van der Waals surface area contributed by atoms with Crippen LogP contribution in [0.2, 0.25) is 0 Å². The highest BCUT2D eigenvalue weighted by molar-refractivity contribution is 5.59. The fourth-order valence-electron chi connectivity index (χ4n) is 2.73. The van der Waals surface area contributed by atoms with E-state index in [4.69, 9.17) is 10.5 Å². The van der Waals surface area contributed by atoms with E-state index >= 15 is 0 Å². The molecule has 2 aromatic rings. The molecule has 4 heteroatoms. The third-order valence-electron chi connectivity index (χ3n) is 3.94. The quantitative estimate of drug-likeness (QED) is 0.888. The fourth-order valence-corrected chi connectivity index (χ4v) is 2.73. The van der Waals surface area contributed by atoms with E-state index in [0.717, 1.165) is 35.7 Å². The monoisotopic (exact) mass is 257 g/mol. The van der Waals surface area contributed by atoms with Crippen LogP contribution in [0.15, 0.2) is 30.5 Å². The van der Waals surface area contributed by atoms with Gasteiger partial charge in [0.1, 0.15) is 11.6 Å². The SMILES string of the molecule is COc1ccc(-c2cnc(C3(N)CCCC3)[nH]2)cc1. The molecule has 0 radical (unpaired) electrons. The predicted octanol–water partition coefficient (Wildman–Crippen LogP) is 2.81. The van der Waals surface area contributed by atoms with Crippen LogP contribution in [-0.4, -0.2) is 17.1 Å². The number of ether oxygens (including phenoxy) is 1. The molecule has 1 aromatic carbocycles. The van der Waals surface area contributed by atoms with Crippen LogP contribution in [0.25, 0.3) is 11.3 Å². The minimum absolute atomic E-state index is 0.259. The molecule has 0 saturated heterocycles. The maximum absolute atomic E-state index is 6.40. The number of nitrogens with one attached hydrogen (secondary N) is 1. The van der Waals surface area contributed by atoms with E-state index < -0.39 is 0 Å². The first-order chi connectivity index (χ1) is 9.21. The van der Waals surface area contributed by atoms with E-state index in [-0.39, 0.29) is 5.54 Å². The summed E-state index contributed by atoms with van der Waals surface area (Å²) in [6.45, 7) is 0. The molecule has 0 bridgehead atoms. The zero-order chi connectivity index (χ0) is 13.3. The van der Waals surface area contributed by atoms with Crippen LogP contribution >= 0.6 is 0 Å². The average molecular weight is 257 g/mol. The third kappa shape index (κ3) is 2.24. The number of aromatic nitrogens is 2. The highest BCUT2D eigenvalue weighted by Gasteiger charge is 2.33. The van der Waals surface area contributed by atoms with Gasteiger partial charge in [0.15, 0.2) is 0 Å². The van der Waals surface area contributed by atoms with Crippen LogP contribution in [-0.2, 0) is 5.54 Å². The molecule has 0 spiro atoms. The summed E-state index contributed by atoms with van der Waals surface area (Å²) in [6.07, 6.45) is 6.28. The molecule has 100 valence electrons. The maximum Gasteiger partial charge on any atom is 0.126 e. The molecule has 19 heavy (non-hydrogen) atoms. The van der Waals surface area contributed by atoms with Crippen molar-refractivity contribution in [1.29, 1.82) is 0 Å². The summed E-state index contributed by atoms with van der Waals surface area (Å²) in [5.74, 6) is 1.77. The first-order valence-corrected chi connectivity index (χ1v) is 6.70. The standard InChI is InChI=1S/C15H19N3O/c1-19-12-6-4-11(5-7-12)13-10-17-14(18-13)15(16)8-2-3-9-15/h4-7,10H,2-3,8-9,16H2,1H3,(H,17,18). The number of aromatic amines is 1. The molecule has 1 aromatic heterocycles. The molecule has 3 N–H and O–H groups in total. The lowest BCUT2D eigenvalue weighted by atomic mass is 9.99. The zero-order valence-electron chi connectivity index (χ0n) is 11.1. The van der Waals surface area contributed by atoms with Crippen molar-refractivity contribution in [2.24, 2.45) is 5.73 Å². The third-order valence-corrected chi connectivity index (χ3v) is 3.94. The van der Waals surface area contributed by atoms with Crippen LogP contribution in [0.4, 0.5) is 0 Å². The van der Waals surface area contributed by atoms with Crippen LogP contribution in [0.1, 0.15) is 31.5 Å². The summed E-state index contributed by atoms with van der Waals surface area (Å²) in [6, 6.07) is 7.94. The summed E-state index contributed by atoms with van der Waals surface area (Å²) < 4.78 is 5.16. The number of H-pyrrole nitrogens is 1. The van der Waals surface area contributed by atoms with Crippen molar-refractivity contribution in [2.75, 3.05) is 7.11 Å². The number of nitrogens with zero attached hydrogens (tertiary/aromatic N) is 1. The Bertz CT molecular complexity index is 553. The molecule has 1 aliphatic rings. The Balaban J connectivity index is 1.87. The number of methoxy groups -OCH3 is 1. The first kappa shape index (κ1) is 12.2. The highest BCUT2D eigenvalue weighted by Crippen LogP contribution is 2.35. The second kappa shape index (κ2) is 4.70. The highest BCUT2D eigenvalue weighted by atomic mass is 16.5. The average Bonchev–Trinajstić information content (AvgIpc) is 3.08. The number of hydrogen-bond acceptors (Lipinski definition) is 3. The molecule has 3 rings (SSSR count). The molecule has 1 saturated carbocycles. The van der Waals surface area contributed by atoms with Crippen molar-refractivity contribution in [3.05, 3.63) is 36.3 Å². The largest absolute Gasteiger partial charge is 0.497 e. The molecule has 0 unspecified atom stereocenters. The second-order valence-corrected chi connectivity index (χ2v) is 5.24. The van der Waals surface area contributed by atoms with E-state index in [9.17, 15) is 0 Å². The number of imidazole rings is 1. The van der Waals surface area contributed by atoms with Gasteiger partial charge in [-0.1, -0.05) is 12.8 Å². The van der Waals surface area contributed by atoms with Gasteiger partial charge in [0, 0.05) is 0 Å². The van der Waals surface area contributed by atoms with Gasteiger partial charge in [-0.15, -0.1) is 0 Å². The van der Waals surface area contributed by atoms with Gasteiger partial charge in [-0.25, -0.2) is 4.98 Å². The Kier molecular flexibility index (Phi) is 3.03. The van der Waals surface area contributed by atoms with Crippen LogP contribution in [0.3, 0.4) is 0 Å². The van der Waals surface area contributed by atoms with Gasteiger partial charge in [-0.05, 0) is 42.7 Å². The first-order valence-electron chi connectivity index (χ1n) is 6.70. The Morgan fingerprint density at radius 2 is 1.89 bits per heavy atom. The zero-order valence-corrected chi connectivity index (χ0v) is 11.1. The Morgan fingerprint density at radius 1 is 1.21 bits per heavy atom. The summed E-state index contributed by atoms with van der Waals surface area (Å²) >= 11 is 0. The fraction of sp³-hybridized carbons (Fsp3) is 0.400. The van der Waals surface area contributed by atoms with E-state index in [1.165, 1.54) is 12.8 Å². The molecular weight excluding hydrogens is 238 g/mol. The summed E-state index contributed by atoms with van der Waals surface area (Å²) in [5, 5.41) is 0. The molecular formula is C15H19N3O. The Morgan fingerprint density at radius 3 is 2.53 bits per heavy atom. The van der Waals surface area contributed by atoms with Gasteiger partial charge in [-0.3, -0.25) is 0 Å². The normalized spacial score (nSPS) is 17.6. The van der Waals surface area contributed by atoms with E-state index in [1.54, 1.807) is 7.11 Å². The lowest BCUT2D eigenvalue weighted by Gasteiger charge is -2.20. The van der Waals surface area contributed by atoms with E-state index in [1.807, 2.05) is 30.5 Å².